The molecule has 1 amide bonds. The van der Waals surface area contributed by atoms with E-state index < -0.39 is 0 Å². The van der Waals surface area contributed by atoms with Crippen LogP contribution in [0, 0.1) is 17.8 Å². The lowest BCUT2D eigenvalue weighted by atomic mass is 9.74. The van der Waals surface area contributed by atoms with Crippen LogP contribution in [0.25, 0.3) is 0 Å². The Morgan fingerprint density at radius 1 is 1.18 bits per heavy atom. The number of anilines is 3. The van der Waals surface area contributed by atoms with Gasteiger partial charge in [-0.1, -0.05) is 0 Å². The maximum absolute atomic E-state index is 13.0. The topological polar surface area (TPSA) is 103 Å². The third-order valence-electron chi connectivity index (χ3n) is 8.88. The van der Waals surface area contributed by atoms with E-state index in [1.807, 2.05) is 12.1 Å². The second kappa shape index (κ2) is 7.55. The summed E-state index contributed by atoms with van der Waals surface area (Å²) in [7, 11) is 1.68. The van der Waals surface area contributed by atoms with E-state index in [2.05, 4.69) is 48.5 Å². The third kappa shape index (κ3) is 3.03. The Kier molecular flexibility index (Phi) is 4.54. The van der Waals surface area contributed by atoms with Gasteiger partial charge < -0.3 is 20.3 Å². The number of hydrogen-bond acceptors (Lipinski definition) is 8. The van der Waals surface area contributed by atoms with Crippen molar-refractivity contribution in [2.75, 3.05) is 35.7 Å². The molecule has 2 saturated heterocycles. The number of amides is 1. The van der Waals surface area contributed by atoms with Crippen molar-refractivity contribution in [3.05, 3.63) is 36.2 Å². The van der Waals surface area contributed by atoms with Gasteiger partial charge in [0.25, 0.3) is 0 Å². The maximum atomic E-state index is 13.0. The van der Waals surface area contributed by atoms with Gasteiger partial charge in [-0.05, 0) is 67.7 Å². The Morgan fingerprint density at radius 3 is 2.91 bits per heavy atom. The fourth-order valence-corrected chi connectivity index (χ4v) is 6.82. The molecule has 7 rings (SSSR count). The SMILES string of the molecule is COc1ccc2c(c1)[C@]1(C[C@H]1C1CCC3C(C1)NNC3Nc1cc(N3CCC3)ncn1)C(=O)N2. The number of benzene rings is 1. The predicted molar refractivity (Wildman–Crippen MR) is 129 cm³/mol. The third-order valence-corrected chi connectivity index (χ3v) is 8.88. The highest BCUT2D eigenvalue weighted by Crippen LogP contribution is 2.65. The second-order valence-corrected chi connectivity index (χ2v) is 10.5. The zero-order valence-electron chi connectivity index (χ0n) is 19.4. The summed E-state index contributed by atoms with van der Waals surface area (Å²) in [5.74, 6) is 4.28. The molecule has 6 atom stereocenters. The molecule has 1 aromatic carbocycles. The number of ether oxygens (including phenoxy) is 1. The lowest BCUT2D eigenvalue weighted by molar-refractivity contribution is -0.118. The number of hydrazine groups is 1. The first-order valence-corrected chi connectivity index (χ1v) is 12.5. The smallest absolute Gasteiger partial charge is 0.235 e. The van der Waals surface area contributed by atoms with Gasteiger partial charge in [0.05, 0.1) is 18.7 Å². The number of nitrogens with zero attached hydrogens (tertiary/aromatic N) is 3. The van der Waals surface area contributed by atoms with Gasteiger partial charge in [0.15, 0.2) is 0 Å². The van der Waals surface area contributed by atoms with Gasteiger partial charge in [-0.2, -0.15) is 0 Å². The molecule has 0 bridgehead atoms. The maximum Gasteiger partial charge on any atom is 0.235 e. The summed E-state index contributed by atoms with van der Waals surface area (Å²) in [6.07, 6.45) is 7.31. The molecule has 2 saturated carbocycles. The zero-order chi connectivity index (χ0) is 22.9. The second-order valence-electron chi connectivity index (χ2n) is 10.5. The molecular weight excluding hydrogens is 430 g/mol. The van der Waals surface area contributed by atoms with Crippen LogP contribution in [0.15, 0.2) is 30.6 Å². The minimum absolute atomic E-state index is 0.137. The first-order chi connectivity index (χ1) is 16.7. The summed E-state index contributed by atoms with van der Waals surface area (Å²) in [5, 5.41) is 6.72. The fourth-order valence-electron chi connectivity index (χ4n) is 6.82. The van der Waals surface area contributed by atoms with Crippen LogP contribution >= 0.6 is 0 Å². The summed E-state index contributed by atoms with van der Waals surface area (Å²) in [6, 6.07) is 8.40. The van der Waals surface area contributed by atoms with Gasteiger partial charge in [0.1, 0.15) is 23.7 Å². The standard InChI is InChI=1S/C25H31N7O2/c1-34-15-4-6-19-17(10-15)25(24(33)28-19)12-18(25)14-3-5-16-20(9-14)30-31-23(16)29-21-11-22(27-13-26-21)32-7-2-8-32/h4,6,10-11,13-14,16,18,20,23,30-31H,2-3,5,7-9,12H2,1H3,(H,28,33)(H,26,27,29)/t14?,16?,18-,20?,23?,25-/m0/s1. The highest BCUT2D eigenvalue weighted by atomic mass is 16.5. The average molecular weight is 462 g/mol. The predicted octanol–water partition coefficient (Wildman–Crippen LogP) is 2.24. The molecule has 9 nitrogen and oxygen atoms in total. The van der Waals surface area contributed by atoms with Crippen LogP contribution in [0.3, 0.4) is 0 Å². The van der Waals surface area contributed by atoms with E-state index in [-0.39, 0.29) is 17.5 Å². The van der Waals surface area contributed by atoms with Crippen LogP contribution in [0.5, 0.6) is 5.75 Å². The summed E-state index contributed by atoms with van der Waals surface area (Å²) >= 11 is 0. The molecule has 4 unspecified atom stereocenters. The Bertz CT molecular complexity index is 1140. The van der Waals surface area contributed by atoms with Crippen LogP contribution in [-0.4, -0.2) is 48.3 Å². The Morgan fingerprint density at radius 2 is 2.09 bits per heavy atom. The molecule has 4 fully saturated rings. The number of hydrogen-bond donors (Lipinski definition) is 4. The van der Waals surface area contributed by atoms with E-state index in [0.29, 0.717) is 23.8 Å². The molecule has 1 aromatic heterocycles. The molecule has 1 spiro atoms. The van der Waals surface area contributed by atoms with Gasteiger partial charge >= 0.3 is 0 Å². The van der Waals surface area contributed by atoms with Gasteiger partial charge in [-0.25, -0.2) is 15.4 Å². The van der Waals surface area contributed by atoms with Crippen molar-refractivity contribution < 1.29 is 9.53 Å². The molecule has 34 heavy (non-hydrogen) atoms. The normalized spacial score (nSPS) is 35.4. The van der Waals surface area contributed by atoms with Crippen LogP contribution in [0.1, 0.15) is 37.7 Å². The summed E-state index contributed by atoms with van der Waals surface area (Å²) in [4.78, 5) is 24.2. The summed E-state index contributed by atoms with van der Waals surface area (Å²) in [6.45, 7) is 2.15. The van der Waals surface area contributed by atoms with E-state index in [1.165, 1.54) is 6.42 Å². The molecule has 5 aliphatic rings. The van der Waals surface area contributed by atoms with Crippen molar-refractivity contribution in [2.24, 2.45) is 17.8 Å². The number of fused-ring (bicyclic) bond motifs is 3. The van der Waals surface area contributed by atoms with Crippen LogP contribution in [0.4, 0.5) is 17.3 Å². The number of rotatable bonds is 5. The minimum Gasteiger partial charge on any atom is -0.497 e. The van der Waals surface area contributed by atoms with Crippen LogP contribution in [-0.2, 0) is 10.2 Å². The van der Waals surface area contributed by atoms with Crippen molar-refractivity contribution >= 4 is 23.2 Å². The van der Waals surface area contributed by atoms with E-state index >= 15 is 0 Å². The molecular formula is C25H31N7O2. The van der Waals surface area contributed by atoms with E-state index in [1.54, 1.807) is 13.4 Å². The lowest BCUT2D eigenvalue weighted by Crippen LogP contribution is -2.40. The van der Waals surface area contributed by atoms with E-state index in [9.17, 15) is 4.79 Å². The Labute approximate surface area is 199 Å². The zero-order valence-corrected chi connectivity index (χ0v) is 19.4. The summed E-state index contributed by atoms with van der Waals surface area (Å²) in [5.41, 5.74) is 8.73. The number of aromatic nitrogens is 2. The van der Waals surface area contributed by atoms with Crippen molar-refractivity contribution in [1.29, 1.82) is 0 Å². The quantitative estimate of drug-likeness (QED) is 0.538. The molecule has 2 aromatic rings. The first kappa shape index (κ1) is 20.5. The van der Waals surface area contributed by atoms with Crippen LogP contribution < -0.4 is 31.1 Å². The Hall–Kier alpha value is -2.91. The first-order valence-electron chi connectivity index (χ1n) is 12.5. The highest BCUT2D eigenvalue weighted by Gasteiger charge is 2.67. The number of methoxy groups -OCH3 is 1. The van der Waals surface area contributed by atoms with Gasteiger partial charge in [-0.15, -0.1) is 0 Å². The molecule has 9 heteroatoms. The fraction of sp³-hybridized carbons (Fsp3) is 0.560. The number of carbonyl (C=O) groups excluding carboxylic acids is 1. The van der Waals surface area contributed by atoms with E-state index in [0.717, 1.165) is 67.4 Å². The minimum atomic E-state index is -0.362. The van der Waals surface area contributed by atoms with Gasteiger partial charge in [0, 0.05) is 36.8 Å². The number of carbonyl (C=O) groups is 1. The number of nitrogens with one attached hydrogen (secondary N) is 4. The molecule has 4 N–H and O–H groups in total. The van der Waals surface area contributed by atoms with Gasteiger partial charge in [0.2, 0.25) is 5.91 Å². The van der Waals surface area contributed by atoms with Crippen molar-refractivity contribution in [3.8, 4) is 5.75 Å². The van der Waals surface area contributed by atoms with Gasteiger partial charge in [-0.3, -0.25) is 10.2 Å². The monoisotopic (exact) mass is 461 g/mol. The molecule has 178 valence electrons. The van der Waals surface area contributed by atoms with Crippen LogP contribution in [0.2, 0.25) is 0 Å². The molecule has 0 radical (unpaired) electrons. The molecule has 2 aliphatic carbocycles. The summed E-state index contributed by atoms with van der Waals surface area (Å²) < 4.78 is 5.45. The average Bonchev–Trinajstić information content (AvgIpc) is 3.37. The largest absolute Gasteiger partial charge is 0.497 e. The molecule has 4 heterocycles. The van der Waals surface area contributed by atoms with Crippen molar-refractivity contribution in [1.82, 2.24) is 20.8 Å². The molecule has 3 aliphatic heterocycles. The Balaban J connectivity index is 1.03. The van der Waals surface area contributed by atoms with Crippen molar-refractivity contribution in [3.63, 3.8) is 0 Å². The lowest BCUT2D eigenvalue weighted by Gasteiger charge is -2.34. The highest BCUT2D eigenvalue weighted by molar-refractivity contribution is 6.09. The van der Waals surface area contributed by atoms with E-state index in [4.69, 9.17) is 4.74 Å². The van der Waals surface area contributed by atoms with Crippen molar-refractivity contribution in [2.45, 2.75) is 49.7 Å².